The Hall–Kier alpha value is -2.27. The second-order valence-corrected chi connectivity index (χ2v) is 5.51. The molecule has 2 aromatic rings. The molecule has 5 heteroatoms. The molecule has 1 aromatic heterocycles. The molecule has 4 rings (SSSR count). The topological polar surface area (TPSA) is 49.3 Å². The molecule has 106 valence electrons. The maximum absolute atomic E-state index is 12.1. The SMILES string of the molecule is O=C1CC2CCCN2N1c1ncc(-c2ccccc2)cn1. The maximum Gasteiger partial charge on any atom is 0.247 e. The largest absolute Gasteiger partial charge is 0.273 e. The van der Waals surface area contributed by atoms with Gasteiger partial charge in [0.1, 0.15) is 0 Å². The fraction of sp³-hybridized carbons (Fsp3) is 0.312. The van der Waals surface area contributed by atoms with Gasteiger partial charge in [0.15, 0.2) is 0 Å². The van der Waals surface area contributed by atoms with Crippen molar-refractivity contribution in [3.05, 3.63) is 42.7 Å². The summed E-state index contributed by atoms with van der Waals surface area (Å²) in [4.78, 5) is 20.9. The van der Waals surface area contributed by atoms with E-state index in [1.165, 1.54) is 0 Å². The number of carbonyl (C=O) groups is 1. The van der Waals surface area contributed by atoms with Gasteiger partial charge in [-0.3, -0.25) is 4.79 Å². The lowest BCUT2D eigenvalue weighted by atomic mass is 10.1. The van der Waals surface area contributed by atoms with E-state index in [0.717, 1.165) is 30.5 Å². The van der Waals surface area contributed by atoms with Crippen LogP contribution in [-0.4, -0.2) is 33.5 Å². The van der Waals surface area contributed by atoms with Crippen molar-refractivity contribution in [3.63, 3.8) is 0 Å². The minimum Gasteiger partial charge on any atom is -0.273 e. The first-order valence-electron chi connectivity index (χ1n) is 7.30. The van der Waals surface area contributed by atoms with Gasteiger partial charge in [0.2, 0.25) is 11.9 Å². The molecule has 21 heavy (non-hydrogen) atoms. The molecule has 1 unspecified atom stereocenters. The summed E-state index contributed by atoms with van der Waals surface area (Å²) >= 11 is 0. The van der Waals surface area contributed by atoms with E-state index >= 15 is 0 Å². The van der Waals surface area contributed by atoms with Crippen LogP contribution in [0.2, 0.25) is 0 Å². The van der Waals surface area contributed by atoms with E-state index in [-0.39, 0.29) is 5.91 Å². The maximum atomic E-state index is 12.1. The summed E-state index contributed by atoms with van der Waals surface area (Å²) in [5, 5.41) is 3.77. The van der Waals surface area contributed by atoms with Crippen molar-refractivity contribution < 1.29 is 4.79 Å². The highest BCUT2D eigenvalue weighted by molar-refractivity contribution is 5.93. The number of benzene rings is 1. The molecule has 2 saturated heterocycles. The van der Waals surface area contributed by atoms with Crippen molar-refractivity contribution >= 4 is 11.9 Å². The molecule has 0 saturated carbocycles. The molecule has 1 amide bonds. The third-order valence-corrected chi connectivity index (χ3v) is 4.18. The van der Waals surface area contributed by atoms with Crippen molar-refractivity contribution in [3.8, 4) is 11.1 Å². The zero-order valence-corrected chi connectivity index (χ0v) is 11.6. The van der Waals surface area contributed by atoms with Crippen LogP contribution in [0.1, 0.15) is 19.3 Å². The summed E-state index contributed by atoms with van der Waals surface area (Å²) in [5.74, 6) is 0.594. The molecule has 2 aliphatic heterocycles. The lowest BCUT2D eigenvalue weighted by Gasteiger charge is -2.25. The number of fused-ring (bicyclic) bond motifs is 1. The number of nitrogens with zero attached hydrogens (tertiary/aromatic N) is 4. The van der Waals surface area contributed by atoms with E-state index < -0.39 is 0 Å². The van der Waals surface area contributed by atoms with Gasteiger partial charge in [0.25, 0.3) is 0 Å². The highest BCUT2D eigenvalue weighted by atomic mass is 16.2. The highest BCUT2D eigenvalue weighted by Crippen LogP contribution is 2.31. The van der Waals surface area contributed by atoms with E-state index in [0.29, 0.717) is 18.4 Å². The fourth-order valence-corrected chi connectivity index (χ4v) is 3.16. The molecule has 1 atom stereocenters. The Morgan fingerprint density at radius 2 is 1.81 bits per heavy atom. The third-order valence-electron chi connectivity index (χ3n) is 4.18. The van der Waals surface area contributed by atoms with Gasteiger partial charge in [-0.1, -0.05) is 30.3 Å². The Kier molecular flexibility index (Phi) is 2.93. The lowest BCUT2D eigenvalue weighted by Crippen LogP contribution is -2.40. The molecule has 3 heterocycles. The van der Waals surface area contributed by atoms with Gasteiger partial charge in [-0.25, -0.2) is 20.0 Å². The summed E-state index contributed by atoms with van der Waals surface area (Å²) in [6.45, 7) is 0.917. The first-order valence-corrected chi connectivity index (χ1v) is 7.30. The molecule has 1 aromatic carbocycles. The van der Waals surface area contributed by atoms with Crippen LogP contribution in [0.4, 0.5) is 5.95 Å². The second kappa shape index (κ2) is 4.93. The van der Waals surface area contributed by atoms with Gasteiger partial charge in [0, 0.05) is 37.0 Å². The van der Waals surface area contributed by atoms with Crippen LogP contribution in [0, 0.1) is 0 Å². The zero-order chi connectivity index (χ0) is 14.2. The van der Waals surface area contributed by atoms with Gasteiger partial charge in [-0.05, 0) is 18.4 Å². The Bertz CT molecular complexity index is 656. The Morgan fingerprint density at radius 3 is 2.57 bits per heavy atom. The van der Waals surface area contributed by atoms with Crippen LogP contribution in [0.3, 0.4) is 0 Å². The summed E-state index contributed by atoms with van der Waals surface area (Å²) in [6.07, 6.45) is 6.38. The number of hydrazine groups is 1. The van der Waals surface area contributed by atoms with Crippen LogP contribution in [0.25, 0.3) is 11.1 Å². The van der Waals surface area contributed by atoms with Gasteiger partial charge in [0.05, 0.1) is 0 Å². The van der Waals surface area contributed by atoms with Crippen LogP contribution in [0.5, 0.6) is 0 Å². The van der Waals surface area contributed by atoms with E-state index in [1.807, 2.05) is 30.3 Å². The Labute approximate surface area is 123 Å². The molecule has 0 spiro atoms. The minimum atomic E-state index is 0.104. The number of rotatable bonds is 2. The predicted octanol–water partition coefficient (Wildman–Crippen LogP) is 2.26. The fourth-order valence-electron chi connectivity index (χ4n) is 3.16. The average molecular weight is 280 g/mol. The summed E-state index contributed by atoms with van der Waals surface area (Å²) in [6, 6.07) is 10.3. The Balaban J connectivity index is 1.63. The van der Waals surface area contributed by atoms with Crippen LogP contribution in [-0.2, 0) is 4.79 Å². The number of anilines is 1. The lowest BCUT2D eigenvalue weighted by molar-refractivity contribution is -0.118. The number of hydrogen-bond acceptors (Lipinski definition) is 4. The van der Waals surface area contributed by atoms with Gasteiger partial charge in [-0.2, -0.15) is 0 Å². The third kappa shape index (κ3) is 2.10. The van der Waals surface area contributed by atoms with Crippen molar-refractivity contribution in [1.82, 2.24) is 15.0 Å². The van der Waals surface area contributed by atoms with E-state index in [2.05, 4.69) is 15.0 Å². The van der Waals surface area contributed by atoms with Crippen molar-refractivity contribution in [1.29, 1.82) is 0 Å². The normalized spacial score (nSPS) is 21.8. The molecule has 2 aliphatic rings. The van der Waals surface area contributed by atoms with Crippen molar-refractivity contribution in [2.45, 2.75) is 25.3 Å². The molecular weight excluding hydrogens is 264 g/mol. The molecule has 5 nitrogen and oxygen atoms in total. The summed E-state index contributed by atoms with van der Waals surface area (Å²) in [7, 11) is 0. The Morgan fingerprint density at radius 1 is 1.05 bits per heavy atom. The molecule has 0 N–H and O–H groups in total. The van der Waals surface area contributed by atoms with E-state index in [9.17, 15) is 4.79 Å². The number of hydrogen-bond donors (Lipinski definition) is 0. The van der Waals surface area contributed by atoms with Crippen molar-refractivity contribution in [2.24, 2.45) is 0 Å². The number of aromatic nitrogens is 2. The number of amides is 1. The molecule has 0 radical (unpaired) electrons. The van der Waals surface area contributed by atoms with Gasteiger partial charge >= 0.3 is 0 Å². The van der Waals surface area contributed by atoms with Gasteiger partial charge in [-0.15, -0.1) is 0 Å². The summed E-state index contributed by atoms with van der Waals surface area (Å²) in [5.41, 5.74) is 2.04. The van der Waals surface area contributed by atoms with Crippen molar-refractivity contribution in [2.75, 3.05) is 11.6 Å². The summed E-state index contributed by atoms with van der Waals surface area (Å²) < 4.78 is 0. The highest BCUT2D eigenvalue weighted by Gasteiger charge is 2.42. The predicted molar refractivity (Wildman–Crippen MR) is 79.3 cm³/mol. The van der Waals surface area contributed by atoms with E-state index in [4.69, 9.17) is 0 Å². The first kappa shape index (κ1) is 12.5. The second-order valence-electron chi connectivity index (χ2n) is 5.51. The average Bonchev–Trinajstić information content (AvgIpc) is 3.08. The standard InChI is InChI=1S/C16H16N4O/c21-15-9-14-7-4-8-19(14)20(15)16-17-10-13(11-18-16)12-5-2-1-3-6-12/h1-3,5-6,10-11,14H,4,7-9H2. The monoisotopic (exact) mass is 280 g/mol. The molecule has 0 aliphatic carbocycles. The molecular formula is C16H16N4O. The van der Waals surface area contributed by atoms with Crippen LogP contribution < -0.4 is 5.01 Å². The smallest absolute Gasteiger partial charge is 0.247 e. The molecule has 0 bridgehead atoms. The van der Waals surface area contributed by atoms with E-state index in [1.54, 1.807) is 17.4 Å². The van der Waals surface area contributed by atoms with Crippen LogP contribution in [0.15, 0.2) is 42.7 Å². The minimum absolute atomic E-state index is 0.104. The molecule has 2 fully saturated rings. The quantitative estimate of drug-likeness (QED) is 0.846. The number of carbonyl (C=O) groups excluding carboxylic acids is 1. The first-order chi connectivity index (χ1) is 10.3. The van der Waals surface area contributed by atoms with Crippen LogP contribution >= 0.6 is 0 Å². The van der Waals surface area contributed by atoms with Gasteiger partial charge < -0.3 is 0 Å². The zero-order valence-electron chi connectivity index (χ0n) is 11.6.